The van der Waals surface area contributed by atoms with Gasteiger partial charge in [0.15, 0.2) is 0 Å². The van der Waals surface area contributed by atoms with Crippen LogP contribution in [0.4, 0.5) is 5.95 Å². The van der Waals surface area contributed by atoms with Gasteiger partial charge in [-0.15, -0.1) is 0 Å². The highest BCUT2D eigenvalue weighted by molar-refractivity contribution is 9.10. The Kier molecular flexibility index (Phi) is 3.77. The smallest absolute Gasteiger partial charge is 0.225 e. The third-order valence-electron chi connectivity index (χ3n) is 3.72. The third-order valence-corrected chi connectivity index (χ3v) is 4.13. The van der Waals surface area contributed by atoms with E-state index in [0.717, 1.165) is 36.6 Å². The van der Waals surface area contributed by atoms with Crippen LogP contribution in [0.25, 0.3) is 0 Å². The summed E-state index contributed by atoms with van der Waals surface area (Å²) in [5.41, 5.74) is 0. The fourth-order valence-corrected chi connectivity index (χ4v) is 2.94. The van der Waals surface area contributed by atoms with Gasteiger partial charge in [-0.3, -0.25) is 4.90 Å². The first-order valence-corrected chi connectivity index (χ1v) is 7.29. The van der Waals surface area contributed by atoms with Crippen molar-refractivity contribution in [1.82, 2.24) is 20.2 Å². The van der Waals surface area contributed by atoms with Gasteiger partial charge in [0.25, 0.3) is 0 Å². The topological polar surface area (TPSA) is 44.3 Å². The molecule has 1 aromatic heterocycles. The Morgan fingerprint density at radius 2 is 1.89 bits per heavy atom. The molecule has 2 fully saturated rings. The second-order valence-electron chi connectivity index (χ2n) is 4.88. The normalized spacial score (nSPS) is 25.6. The van der Waals surface area contributed by atoms with E-state index in [9.17, 15) is 0 Å². The molecule has 0 radical (unpaired) electrons. The quantitative estimate of drug-likeness (QED) is 0.872. The van der Waals surface area contributed by atoms with Crippen molar-refractivity contribution in [1.29, 1.82) is 0 Å². The molecule has 1 unspecified atom stereocenters. The fraction of sp³-hybridized carbons (Fsp3) is 0.667. The van der Waals surface area contributed by atoms with Gasteiger partial charge in [0.05, 0.1) is 4.47 Å². The molecule has 0 saturated carbocycles. The van der Waals surface area contributed by atoms with Crippen LogP contribution in [-0.2, 0) is 0 Å². The zero-order valence-corrected chi connectivity index (χ0v) is 11.9. The second kappa shape index (κ2) is 5.50. The number of piperazine rings is 1. The molecule has 2 aliphatic rings. The minimum atomic E-state index is 0.666. The number of anilines is 1. The van der Waals surface area contributed by atoms with Crippen LogP contribution >= 0.6 is 15.9 Å². The van der Waals surface area contributed by atoms with Crippen molar-refractivity contribution in [2.75, 3.05) is 44.2 Å². The first-order chi connectivity index (χ1) is 8.83. The monoisotopic (exact) mass is 311 g/mol. The number of halogens is 1. The first-order valence-electron chi connectivity index (χ1n) is 6.50. The molecule has 0 amide bonds. The predicted octanol–water partition coefficient (Wildman–Crippen LogP) is 0.723. The number of hydrogen-bond acceptors (Lipinski definition) is 5. The van der Waals surface area contributed by atoms with Crippen LogP contribution in [-0.4, -0.2) is 60.2 Å². The van der Waals surface area contributed by atoms with Crippen LogP contribution in [0.1, 0.15) is 6.42 Å². The summed E-state index contributed by atoms with van der Waals surface area (Å²) in [6.07, 6.45) is 4.86. The lowest BCUT2D eigenvalue weighted by molar-refractivity contribution is 0.185. The molecule has 3 rings (SSSR count). The van der Waals surface area contributed by atoms with Crippen molar-refractivity contribution in [3.05, 3.63) is 16.9 Å². The Hall–Kier alpha value is -0.720. The van der Waals surface area contributed by atoms with Crippen LogP contribution in [0.5, 0.6) is 0 Å². The Labute approximate surface area is 116 Å². The Balaban J connectivity index is 1.62. The van der Waals surface area contributed by atoms with Crippen molar-refractivity contribution < 1.29 is 0 Å². The molecule has 0 aliphatic carbocycles. The van der Waals surface area contributed by atoms with Gasteiger partial charge in [-0.05, 0) is 22.4 Å². The van der Waals surface area contributed by atoms with Gasteiger partial charge in [0.2, 0.25) is 5.95 Å². The molecule has 2 saturated heterocycles. The number of aromatic nitrogens is 2. The van der Waals surface area contributed by atoms with Crippen LogP contribution < -0.4 is 10.2 Å². The fourth-order valence-electron chi connectivity index (χ4n) is 2.74. The number of nitrogens with zero attached hydrogens (tertiary/aromatic N) is 4. The zero-order chi connectivity index (χ0) is 12.4. The molecule has 18 heavy (non-hydrogen) atoms. The van der Waals surface area contributed by atoms with Gasteiger partial charge < -0.3 is 10.2 Å². The molecule has 1 atom stereocenters. The maximum absolute atomic E-state index is 4.38. The molecule has 2 aliphatic heterocycles. The van der Waals surface area contributed by atoms with Gasteiger partial charge in [-0.1, -0.05) is 0 Å². The minimum absolute atomic E-state index is 0.666. The highest BCUT2D eigenvalue weighted by atomic mass is 79.9. The largest absolute Gasteiger partial charge is 0.339 e. The molecule has 6 heteroatoms. The maximum Gasteiger partial charge on any atom is 0.225 e. The second-order valence-corrected chi connectivity index (χ2v) is 5.79. The molecule has 1 aromatic rings. The average molecular weight is 312 g/mol. The summed E-state index contributed by atoms with van der Waals surface area (Å²) in [4.78, 5) is 13.6. The summed E-state index contributed by atoms with van der Waals surface area (Å²) in [5.74, 6) is 0.857. The highest BCUT2D eigenvalue weighted by Gasteiger charge is 2.29. The van der Waals surface area contributed by atoms with Gasteiger partial charge in [-0.25, -0.2) is 9.97 Å². The van der Waals surface area contributed by atoms with Crippen LogP contribution in [0.3, 0.4) is 0 Å². The lowest BCUT2D eigenvalue weighted by atomic mass is 10.2. The molecule has 0 bridgehead atoms. The first kappa shape index (κ1) is 12.3. The van der Waals surface area contributed by atoms with E-state index in [4.69, 9.17) is 0 Å². The van der Waals surface area contributed by atoms with Gasteiger partial charge in [0.1, 0.15) is 0 Å². The van der Waals surface area contributed by atoms with Crippen LogP contribution in [0, 0.1) is 0 Å². The van der Waals surface area contributed by atoms with Crippen molar-refractivity contribution in [3.63, 3.8) is 0 Å². The van der Waals surface area contributed by atoms with Gasteiger partial charge >= 0.3 is 0 Å². The van der Waals surface area contributed by atoms with E-state index in [2.05, 4.69) is 41.0 Å². The van der Waals surface area contributed by atoms with Crippen LogP contribution in [0.15, 0.2) is 16.9 Å². The van der Waals surface area contributed by atoms with E-state index in [1.54, 1.807) is 0 Å². The number of nitrogens with one attached hydrogen (secondary N) is 1. The van der Waals surface area contributed by atoms with Crippen molar-refractivity contribution in [2.45, 2.75) is 12.5 Å². The average Bonchev–Trinajstić information content (AvgIpc) is 2.90. The van der Waals surface area contributed by atoms with Crippen molar-refractivity contribution in [2.24, 2.45) is 0 Å². The molecular weight excluding hydrogens is 294 g/mol. The van der Waals surface area contributed by atoms with E-state index in [-0.39, 0.29) is 0 Å². The Morgan fingerprint density at radius 1 is 1.17 bits per heavy atom. The van der Waals surface area contributed by atoms with E-state index in [1.807, 2.05) is 12.4 Å². The Bertz CT molecular complexity index is 390. The summed E-state index contributed by atoms with van der Waals surface area (Å²) < 4.78 is 0.934. The minimum Gasteiger partial charge on any atom is -0.339 e. The van der Waals surface area contributed by atoms with Gasteiger partial charge in [0, 0.05) is 57.7 Å². The lowest BCUT2D eigenvalue weighted by Crippen LogP contribution is -2.49. The summed E-state index contributed by atoms with van der Waals surface area (Å²) in [7, 11) is 0. The van der Waals surface area contributed by atoms with E-state index < -0.39 is 0 Å². The lowest BCUT2D eigenvalue weighted by Gasteiger charge is -2.32. The summed E-state index contributed by atoms with van der Waals surface area (Å²) >= 11 is 3.37. The highest BCUT2D eigenvalue weighted by Crippen LogP contribution is 2.20. The SMILES string of the molecule is Brc1cnc(N2CCC(N3CCNCC3)C2)nc1. The molecule has 98 valence electrons. The Morgan fingerprint density at radius 3 is 2.61 bits per heavy atom. The third kappa shape index (κ3) is 2.65. The van der Waals surface area contributed by atoms with E-state index in [0.29, 0.717) is 6.04 Å². The summed E-state index contributed by atoms with van der Waals surface area (Å²) in [6, 6.07) is 0.666. The molecule has 3 heterocycles. The van der Waals surface area contributed by atoms with E-state index in [1.165, 1.54) is 19.5 Å². The number of rotatable bonds is 2. The maximum atomic E-state index is 4.38. The van der Waals surface area contributed by atoms with Crippen LogP contribution in [0.2, 0.25) is 0 Å². The molecular formula is C12H18BrN5. The van der Waals surface area contributed by atoms with E-state index >= 15 is 0 Å². The summed E-state index contributed by atoms with van der Waals surface area (Å²) in [5, 5.41) is 3.40. The molecule has 0 aromatic carbocycles. The van der Waals surface area contributed by atoms with Crippen molar-refractivity contribution >= 4 is 21.9 Å². The van der Waals surface area contributed by atoms with Crippen molar-refractivity contribution in [3.8, 4) is 0 Å². The molecule has 0 spiro atoms. The molecule has 1 N–H and O–H groups in total. The zero-order valence-electron chi connectivity index (χ0n) is 10.3. The summed E-state index contributed by atoms with van der Waals surface area (Å²) in [6.45, 7) is 6.69. The predicted molar refractivity (Wildman–Crippen MR) is 74.8 cm³/mol. The van der Waals surface area contributed by atoms with Gasteiger partial charge in [-0.2, -0.15) is 0 Å². The molecule has 5 nitrogen and oxygen atoms in total. The standard InChI is InChI=1S/C12H18BrN5/c13-10-7-15-12(16-8-10)18-4-1-11(9-18)17-5-2-14-3-6-17/h7-8,11,14H,1-6,9H2. The number of hydrogen-bond donors (Lipinski definition) is 1.